The molecule has 2 aliphatic rings. The number of hydrogen-bond donors (Lipinski definition) is 3. The number of amides is 1. The zero-order chi connectivity index (χ0) is 26.3. The van der Waals surface area contributed by atoms with Gasteiger partial charge in [0.25, 0.3) is 5.56 Å². The Labute approximate surface area is 210 Å². The van der Waals surface area contributed by atoms with Crippen molar-refractivity contribution < 1.29 is 28.5 Å². The molecule has 3 heterocycles. The standard InChI is InChI=1S/C26H26FN3O7/c1-3-13-12-30(26(34)29-23(13)32)25-20(27)21(31)18(37-25)11-28-24(33)19-14-7-4-5-9-16(14)36-22-15(19)8-6-10-17(22)35-2/h4-10,12,18-21,25,31H,3,11H2,1-2H3,(H,28,33)(H,29,32,34)/t18-,19-,20-,21-,25-/m1/s1. The fourth-order valence-corrected chi connectivity index (χ4v) is 4.77. The van der Waals surface area contributed by atoms with Crippen molar-refractivity contribution in [3.63, 3.8) is 0 Å². The van der Waals surface area contributed by atoms with Gasteiger partial charge in [0.05, 0.1) is 13.0 Å². The summed E-state index contributed by atoms with van der Waals surface area (Å²) in [5.41, 5.74) is 0.0959. The Morgan fingerprint density at radius 1 is 1.19 bits per heavy atom. The fourth-order valence-electron chi connectivity index (χ4n) is 4.77. The molecule has 10 nitrogen and oxygen atoms in total. The maximum atomic E-state index is 15.0. The van der Waals surface area contributed by atoms with E-state index >= 15 is 4.39 Å². The number of aromatic amines is 1. The van der Waals surface area contributed by atoms with E-state index in [0.29, 0.717) is 34.8 Å². The van der Waals surface area contributed by atoms with Crippen molar-refractivity contribution in [2.24, 2.45) is 0 Å². The lowest BCUT2D eigenvalue weighted by molar-refractivity contribution is -0.123. The van der Waals surface area contributed by atoms with Crippen molar-refractivity contribution >= 4 is 5.91 Å². The highest BCUT2D eigenvalue weighted by Gasteiger charge is 2.46. The lowest BCUT2D eigenvalue weighted by Crippen LogP contribution is -2.41. The second-order valence-electron chi connectivity index (χ2n) is 8.87. The van der Waals surface area contributed by atoms with Gasteiger partial charge in [-0.2, -0.15) is 0 Å². The van der Waals surface area contributed by atoms with Crippen LogP contribution in [0.4, 0.5) is 4.39 Å². The minimum absolute atomic E-state index is 0.214. The molecule has 0 radical (unpaired) electrons. The van der Waals surface area contributed by atoms with Crippen LogP contribution in [0.1, 0.15) is 35.8 Å². The number of hydrogen-bond acceptors (Lipinski definition) is 7. The summed E-state index contributed by atoms with van der Waals surface area (Å²) in [6.07, 6.45) is -4.60. The van der Waals surface area contributed by atoms with Gasteiger partial charge in [-0.1, -0.05) is 37.3 Å². The summed E-state index contributed by atoms with van der Waals surface area (Å²) in [6.45, 7) is 1.51. The predicted octanol–water partition coefficient (Wildman–Crippen LogP) is 1.76. The molecule has 0 bridgehead atoms. The summed E-state index contributed by atoms with van der Waals surface area (Å²) in [5.74, 6) is 0.244. The first kappa shape index (κ1) is 24.7. The fraction of sp³-hybridized carbons (Fsp3) is 0.346. The molecule has 1 fully saturated rings. The van der Waals surface area contributed by atoms with Gasteiger partial charge >= 0.3 is 5.69 Å². The number of para-hydroxylation sites is 2. The van der Waals surface area contributed by atoms with Gasteiger partial charge in [-0.3, -0.25) is 19.1 Å². The highest BCUT2D eigenvalue weighted by atomic mass is 19.1. The Morgan fingerprint density at radius 2 is 1.95 bits per heavy atom. The average molecular weight is 512 g/mol. The summed E-state index contributed by atoms with van der Waals surface area (Å²) < 4.78 is 33.0. The molecule has 0 unspecified atom stereocenters. The Morgan fingerprint density at radius 3 is 2.70 bits per heavy atom. The summed E-state index contributed by atoms with van der Waals surface area (Å²) in [5, 5.41) is 13.2. The number of nitrogens with zero attached hydrogens (tertiary/aromatic N) is 1. The normalized spacial score (nSPS) is 24.1. The molecule has 0 saturated carbocycles. The minimum Gasteiger partial charge on any atom is -0.493 e. The van der Waals surface area contributed by atoms with Crippen molar-refractivity contribution in [1.29, 1.82) is 0 Å². The number of H-pyrrole nitrogens is 1. The summed E-state index contributed by atoms with van der Waals surface area (Å²) >= 11 is 0. The van der Waals surface area contributed by atoms with Crippen LogP contribution in [0.15, 0.2) is 58.3 Å². The molecule has 1 saturated heterocycles. The third kappa shape index (κ3) is 4.30. The Bertz CT molecular complexity index is 1450. The monoisotopic (exact) mass is 511 g/mol. The molecule has 3 aromatic rings. The maximum absolute atomic E-state index is 15.0. The Kier molecular flexibility index (Phi) is 6.57. The first-order valence-electron chi connectivity index (χ1n) is 11.9. The van der Waals surface area contributed by atoms with E-state index in [1.807, 2.05) is 0 Å². The second kappa shape index (κ2) is 9.83. The second-order valence-corrected chi connectivity index (χ2v) is 8.87. The Hall–Kier alpha value is -3.96. The van der Waals surface area contributed by atoms with E-state index in [1.165, 1.54) is 13.3 Å². The highest BCUT2D eigenvalue weighted by Crippen LogP contribution is 2.48. The quantitative estimate of drug-likeness (QED) is 0.460. The molecule has 5 atom stereocenters. The Balaban J connectivity index is 1.38. The number of methoxy groups -OCH3 is 1. The van der Waals surface area contributed by atoms with Gasteiger partial charge in [0, 0.05) is 29.4 Å². The van der Waals surface area contributed by atoms with Gasteiger partial charge in [0.1, 0.15) is 18.0 Å². The topological polar surface area (TPSA) is 132 Å². The highest BCUT2D eigenvalue weighted by molar-refractivity contribution is 5.90. The van der Waals surface area contributed by atoms with Crippen LogP contribution in [-0.2, 0) is 16.0 Å². The van der Waals surface area contributed by atoms with E-state index in [4.69, 9.17) is 14.2 Å². The van der Waals surface area contributed by atoms with Crippen LogP contribution in [-0.4, -0.2) is 52.6 Å². The van der Waals surface area contributed by atoms with Gasteiger partial charge in [-0.15, -0.1) is 0 Å². The van der Waals surface area contributed by atoms with Crippen molar-refractivity contribution in [3.05, 3.63) is 86.2 Å². The number of aryl methyl sites for hydroxylation is 1. The van der Waals surface area contributed by atoms with Crippen LogP contribution >= 0.6 is 0 Å². The number of benzene rings is 2. The van der Waals surface area contributed by atoms with Crippen LogP contribution in [0.3, 0.4) is 0 Å². The van der Waals surface area contributed by atoms with Crippen LogP contribution in [0.5, 0.6) is 17.2 Å². The van der Waals surface area contributed by atoms with E-state index in [9.17, 15) is 19.5 Å². The zero-order valence-electron chi connectivity index (χ0n) is 20.1. The molecular weight excluding hydrogens is 485 g/mol. The lowest BCUT2D eigenvalue weighted by atomic mass is 9.87. The molecule has 0 spiro atoms. The minimum atomic E-state index is -1.95. The van der Waals surface area contributed by atoms with Gasteiger partial charge in [0.15, 0.2) is 23.9 Å². The van der Waals surface area contributed by atoms with E-state index < -0.39 is 47.7 Å². The smallest absolute Gasteiger partial charge is 0.330 e. The largest absolute Gasteiger partial charge is 0.493 e. The van der Waals surface area contributed by atoms with Gasteiger partial charge in [-0.25, -0.2) is 9.18 Å². The SMILES string of the molecule is CCc1cn([C@@H]2O[C@H](CNC(=O)[C@@H]3c4ccccc4Oc4c(OC)cccc43)[C@@H](O)[C@H]2F)c(=O)[nH]c1=O. The molecule has 37 heavy (non-hydrogen) atoms. The summed E-state index contributed by atoms with van der Waals surface area (Å²) in [7, 11) is 1.51. The predicted molar refractivity (Wildman–Crippen MR) is 130 cm³/mol. The lowest BCUT2D eigenvalue weighted by Gasteiger charge is -2.29. The van der Waals surface area contributed by atoms with Crippen LogP contribution in [0.25, 0.3) is 0 Å². The van der Waals surface area contributed by atoms with Crippen LogP contribution in [0, 0.1) is 0 Å². The van der Waals surface area contributed by atoms with Crippen molar-refractivity contribution in [2.75, 3.05) is 13.7 Å². The molecule has 3 N–H and O–H groups in total. The van der Waals surface area contributed by atoms with Gasteiger partial charge in [0.2, 0.25) is 5.91 Å². The number of rotatable bonds is 6. The number of nitrogens with one attached hydrogen (secondary N) is 2. The van der Waals surface area contributed by atoms with Crippen molar-refractivity contribution in [1.82, 2.24) is 14.9 Å². The summed E-state index contributed by atoms with van der Waals surface area (Å²) in [4.78, 5) is 39.8. The molecule has 194 valence electrons. The molecular formula is C26H26FN3O7. The molecule has 1 aromatic heterocycles. The van der Waals surface area contributed by atoms with Crippen LogP contribution in [0.2, 0.25) is 0 Å². The number of carbonyl (C=O) groups is 1. The third-order valence-corrected chi connectivity index (χ3v) is 6.71. The van der Waals surface area contributed by atoms with E-state index in [2.05, 4.69) is 10.3 Å². The average Bonchev–Trinajstić information content (AvgIpc) is 3.18. The van der Waals surface area contributed by atoms with Gasteiger partial charge in [-0.05, 0) is 18.6 Å². The molecule has 11 heteroatoms. The molecule has 5 rings (SSSR count). The number of carbonyl (C=O) groups excluding carboxylic acids is 1. The molecule has 2 aliphatic heterocycles. The van der Waals surface area contributed by atoms with Crippen LogP contribution < -0.4 is 26.0 Å². The number of alkyl halides is 1. The number of fused-ring (bicyclic) bond motifs is 2. The zero-order valence-corrected chi connectivity index (χ0v) is 20.1. The maximum Gasteiger partial charge on any atom is 0.330 e. The van der Waals surface area contributed by atoms with Crippen molar-refractivity contribution in [3.8, 4) is 17.2 Å². The number of aliphatic hydroxyl groups excluding tert-OH is 1. The number of ether oxygens (including phenoxy) is 3. The van der Waals surface area contributed by atoms with Gasteiger partial charge < -0.3 is 24.6 Å². The van der Waals surface area contributed by atoms with Crippen molar-refractivity contribution in [2.45, 2.75) is 43.9 Å². The molecule has 1 amide bonds. The molecule has 0 aliphatic carbocycles. The number of aliphatic hydroxyl groups is 1. The number of aromatic nitrogens is 2. The third-order valence-electron chi connectivity index (χ3n) is 6.71. The summed E-state index contributed by atoms with van der Waals surface area (Å²) in [6, 6.07) is 12.4. The first-order valence-corrected chi connectivity index (χ1v) is 11.9. The van der Waals surface area contributed by atoms with E-state index in [0.717, 1.165) is 4.57 Å². The molecule has 2 aromatic carbocycles. The van der Waals surface area contributed by atoms with E-state index in [1.54, 1.807) is 49.4 Å². The van der Waals surface area contributed by atoms with E-state index in [-0.39, 0.29) is 12.1 Å². The number of halogens is 1. The first-order chi connectivity index (χ1) is 17.8.